The summed E-state index contributed by atoms with van der Waals surface area (Å²) in [6.07, 6.45) is 0. The smallest absolute Gasteiger partial charge is 0.132 e. The van der Waals surface area contributed by atoms with Crippen LogP contribution in [0.4, 0.5) is 11.5 Å². The van der Waals surface area contributed by atoms with Gasteiger partial charge in [0.1, 0.15) is 5.82 Å². The molecule has 102 valence electrons. The largest absolute Gasteiger partial charge is 0.339 e. The Morgan fingerprint density at radius 3 is 2.71 bits per heavy atom. The van der Waals surface area contributed by atoms with Crippen molar-refractivity contribution in [2.45, 2.75) is 0 Å². The van der Waals surface area contributed by atoms with Crippen LogP contribution in [0.15, 0.2) is 53.0 Å². The van der Waals surface area contributed by atoms with Crippen LogP contribution >= 0.6 is 27.5 Å². The van der Waals surface area contributed by atoms with E-state index in [1.165, 1.54) is 0 Å². The second-order valence-electron chi connectivity index (χ2n) is 4.43. The Hall–Kier alpha value is -2.09. The monoisotopic (exact) mass is 357 g/mol. The van der Waals surface area contributed by atoms with Gasteiger partial charge in [0.25, 0.3) is 0 Å². The number of aromatic nitrogens is 1. The molecule has 0 fully saturated rings. The van der Waals surface area contributed by atoms with E-state index in [9.17, 15) is 5.26 Å². The summed E-state index contributed by atoms with van der Waals surface area (Å²) in [5.74, 6) is 0.619. The van der Waals surface area contributed by atoms with Crippen molar-refractivity contribution in [3.63, 3.8) is 0 Å². The summed E-state index contributed by atoms with van der Waals surface area (Å²) in [5, 5.41) is 14.0. The maximum Gasteiger partial charge on any atom is 0.132 e. The number of benzene rings is 2. The first-order valence-electron chi connectivity index (χ1n) is 6.19. The Morgan fingerprint density at radius 1 is 1.14 bits per heavy atom. The average molecular weight is 359 g/mol. The van der Waals surface area contributed by atoms with Crippen molar-refractivity contribution < 1.29 is 0 Å². The molecular weight excluding hydrogens is 350 g/mol. The van der Waals surface area contributed by atoms with Crippen LogP contribution in [0.1, 0.15) is 5.56 Å². The molecule has 0 radical (unpaired) electrons. The number of nitriles is 1. The highest BCUT2D eigenvalue weighted by molar-refractivity contribution is 9.10. The van der Waals surface area contributed by atoms with E-state index in [4.69, 9.17) is 11.6 Å². The predicted molar refractivity (Wildman–Crippen MR) is 88.9 cm³/mol. The van der Waals surface area contributed by atoms with Gasteiger partial charge in [-0.25, -0.2) is 4.98 Å². The third-order valence-corrected chi connectivity index (χ3v) is 3.92. The molecule has 1 N–H and O–H groups in total. The summed E-state index contributed by atoms with van der Waals surface area (Å²) in [5.41, 5.74) is 2.21. The highest BCUT2D eigenvalue weighted by atomic mass is 79.9. The average Bonchev–Trinajstić information content (AvgIpc) is 2.49. The Labute approximate surface area is 135 Å². The SMILES string of the molecule is N#Cc1cc(Nc2ccc(Cl)cc2Br)nc2ccccc12. The summed E-state index contributed by atoms with van der Waals surface area (Å²) < 4.78 is 0.837. The Balaban J connectivity index is 2.07. The number of hydrogen-bond acceptors (Lipinski definition) is 3. The molecule has 0 atom stereocenters. The summed E-state index contributed by atoms with van der Waals surface area (Å²) in [6, 6.07) is 17.0. The fourth-order valence-electron chi connectivity index (χ4n) is 2.06. The van der Waals surface area contributed by atoms with Crippen molar-refractivity contribution in [3.8, 4) is 6.07 Å². The number of fused-ring (bicyclic) bond motifs is 1. The first-order valence-corrected chi connectivity index (χ1v) is 7.36. The molecule has 1 heterocycles. The van der Waals surface area contributed by atoms with Gasteiger partial charge in [0, 0.05) is 14.9 Å². The number of halogens is 2. The lowest BCUT2D eigenvalue weighted by Gasteiger charge is -2.10. The molecule has 0 aliphatic carbocycles. The van der Waals surface area contributed by atoms with Crippen LogP contribution in [0.3, 0.4) is 0 Å². The van der Waals surface area contributed by atoms with Crippen molar-refractivity contribution in [1.29, 1.82) is 5.26 Å². The van der Waals surface area contributed by atoms with Gasteiger partial charge in [0.15, 0.2) is 0 Å². The minimum absolute atomic E-state index is 0.591. The van der Waals surface area contributed by atoms with Crippen LogP contribution in [-0.2, 0) is 0 Å². The summed E-state index contributed by atoms with van der Waals surface area (Å²) in [6.45, 7) is 0. The van der Waals surface area contributed by atoms with Crippen molar-refractivity contribution in [1.82, 2.24) is 4.98 Å². The molecule has 0 saturated carbocycles. The normalized spacial score (nSPS) is 10.3. The number of nitrogens with zero attached hydrogens (tertiary/aromatic N) is 2. The molecule has 0 aliphatic rings. The lowest BCUT2D eigenvalue weighted by Crippen LogP contribution is -1.96. The van der Waals surface area contributed by atoms with E-state index in [2.05, 4.69) is 32.3 Å². The zero-order chi connectivity index (χ0) is 14.8. The topological polar surface area (TPSA) is 48.7 Å². The number of rotatable bonds is 2. The van der Waals surface area contributed by atoms with Gasteiger partial charge in [-0.05, 0) is 46.3 Å². The number of nitrogens with one attached hydrogen (secondary N) is 1. The maximum absolute atomic E-state index is 9.28. The van der Waals surface area contributed by atoms with Crippen molar-refractivity contribution in [2.24, 2.45) is 0 Å². The van der Waals surface area contributed by atoms with E-state index in [0.717, 1.165) is 21.1 Å². The molecule has 0 amide bonds. The first kappa shape index (κ1) is 13.9. The molecule has 21 heavy (non-hydrogen) atoms. The van der Waals surface area contributed by atoms with E-state index in [1.54, 1.807) is 18.2 Å². The number of anilines is 2. The van der Waals surface area contributed by atoms with Crippen LogP contribution in [0.5, 0.6) is 0 Å². The Bertz CT molecular complexity index is 871. The first-order chi connectivity index (χ1) is 10.2. The number of para-hydroxylation sites is 1. The molecule has 1 aromatic heterocycles. The fraction of sp³-hybridized carbons (Fsp3) is 0. The van der Waals surface area contributed by atoms with E-state index >= 15 is 0 Å². The second kappa shape index (κ2) is 5.72. The molecule has 5 heteroatoms. The third kappa shape index (κ3) is 2.85. The third-order valence-electron chi connectivity index (χ3n) is 3.03. The van der Waals surface area contributed by atoms with E-state index in [0.29, 0.717) is 16.4 Å². The lowest BCUT2D eigenvalue weighted by atomic mass is 10.1. The Kier molecular flexibility index (Phi) is 3.78. The van der Waals surface area contributed by atoms with Gasteiger partial charge >= 0.3 is 0 Å². The second-order valence-corrected chi connectivity index (χ2v) is 5.72. The quantitative estimate of drug-likeness (QED) is 0.679. The fourth-order valence-corrected chi connectivity index (χ4v) is 2.84. The molecule has 0 spiro atoms. The van der Waals surface area contributed by atoms with Crippen molar-refractivity contribution >= 4 is 49.9 Å². The molecule has 3 aromatic rings. The molecule has 0 bridgehead atoms. The minimum Gasteiger partial charge on any atom is -0.339 e. The van der Waals surface area contributed by atoms with Gasteiger partial charge in [-0.2, -0.15) is 5.26 Å². The number of hydrogen-bond donors (Lipinski definition) is 1. The van der Waals surface area contributed by atoms with Gasteiger partial charge < -0.3 is 5.32 Å². The van der Waals surface area contributed by atoms with Crippen molar-refractivity contribution in [2.75, 3.05) is 5.32 Å². The number of pyridine rings is 1. The predicted octanol–water partition coefficient (Wildman–Crippen LogP) is 5.27. The van der Waals surface area contributed by atoms with E-state index in [1.807, 2.05) is 30.3 Å². The van der Waals surface area contributed by atoms with Crippen molar-refractivity contribution in [3.05, 3.63) is 63.6 Å². The van der Waals surface area contributed by atoms with Crippen LogP contribution in [0.25, 0.3) is 10.9 Å². The molecule has 3 rings (SSSR count). The van der Waals surface area contributed by atoms with E-state index in [-0.39, 0.29) is 0 Å². The zero-order valence-electron chi connectivity index (χ0n) is 10.8. The van der Waals surface area contributed by atoms with Gasteiger partial charge in [0.2, 0.25) is 0 Å². The lowest BCUT2D eigenvalue weighted by molar-refractivity contribution is 1.35. The van der Waals surface area contributed by atoms with Gasteiger partial charge in [0.05, 0.1) is 22.8 Å². The summed E-state index contributed by atoms with van der Waals surface area (Å²) in [7, 11) is 0. The summed E-state index contributed by atoms with van der Waals surface area (Å²) >= 11 is 9.38. The van der Waals surface area contributed by atoms with Crippen LogP contribution in [0, 0.1) is 11.3 Å². The van der Waals surface area contributed by atoms with Crippen LogP contribution in [0.2, 0.25) is 5.02 Å². The maximum atomic E-state index is 9.28. The van der Waals surface area contributed by atoms with Gasteiger partial charge in [-0.3, -0.25) is 0 Å². The highest BCUT2D eigenvalue weighted by Gasteiger charge is 2.07. The van der Waals surface area contributed by atoms with Crippen LogP contribution < -0.4 is 5.32 Å². The molecule has 0 aliphatic heterocycles. The molecule has 3 nitrogen and oxygen atoms in total. The van der Waals surface area contributed by atoms with Gasteiger partial charge in [-0.1, -0.05) is 29.8 Å². The van der Waals surface area contributed by atoms with E-state index < -0.39 is 0 Å². The molecule has 0 unspecified atom stereocenters. The molecular formula is C16H9BrClN3. The molecule has 0 saturated heterocycles. The minimum atomic E-state index is 0.591. The van der Waals surface area contributed by atoms with Gasteiger partial charge in [-0.15, -0.1) is 0 Å². The highest BCUT2D eigenvalue weighted by Crippen LogP contribution is 2.29. The zero-order valence-corrected chi connectivity index (χ0v) is 13.1. The van der Waals surface area contributed by atoms with Crippen LogP contribution in [-0.4, -0.2) is 4.98 Å². The molecule has 2 aromatic carbocycles. The summed E-state index contributed by atoms with van der Waals surface area (Å²) in [4.78, 5) is 4.53. The Morgan fingerprint density at radius 2 is 1.95 bits per heavy atom. The standard InChI is InChI=1S/C16H9BrClN3/c17-13-8-11(18)5-6-15(13)21-16-7-10(9-19)12-3-1-2-4-14(12)20-16/h1-8H,(H,20,21).